The molecule has 1 aliphatic carbocycles. The molecule has 0 saturated heterocycles. The smallest absolute Gasteiger partial charge is 0.319 e. The minimum Gasteiger partial charge on any atom is -0.472 e. The van der Waals surface area contributed by atoms with Crippen LogP contribution in [0.15, 0.2) is 36.7 Å². The molecule has 26 heavy (non-hydrogen) atoms. The van der Waals surface area contributed by atoms with Crippen molar-refractivity contribution in [1.82, 2.24) is 15.3 Å². The number of nitrogens with zero attached hydrogens (tertiary/aromatic N) is 3. The van der Waals surface area contributed by atoms with Crippen LogP contribution in [0.2, 0.25) is 0 Å². The molecule has 8 heteroatoms. The summed E-state index contributed by atoms with van der Waals surface area (Å²) in [5, 5.41) is 14.4. The number of para-hydroxylation sites is 1. The first-order valence-corrected chi connectivity index (χ1v) is 8.35. The summed E-state index contributed by atoms with van der Waals surface area (Å²) in [5.74, 6) is -0.235. The molecule has 2 aromatic rings. The molecular formula is C18H18FN5O2. The van der Waals surface area contributed by atoms with Crippen LogP contribution in [0.4, 0.5) is 14.9 Å². The molecule has 1 saturated carbocycles. The maximum Gasteiger partial charge on any atom is 0.319 e. The minimum atomic E-state index is -0.475. The van der Waals surface area contributed by atoms with Crippen LogP contribution >= 0.6 is 0 Å². The summed E-state index contributed by atoms with van der Waals surface area (Å²) in [4.78, 5) is 20.0. The molecule has 134 valence electrons. The van der Waals surface area contributed by atoms with E-state index in [0.29, 0.717) is 12.8 Å². The highest BCUT2D eigenvalue weighted by atomic mass is 19.1. The predicted octanol–water partition coefficient (Wildman–Crippen LogP) is 3.00. The highest BCUT2D eigenvalue weighted by Gasteiger charge is 2.25. The molecule has 0 radical (unpaired) electrons. The zero-order valence-corrected chi connectivity index (χ0v) is 14.0. The van der Waals surface area contributed by atoms with Gasteiger partial charge in [0.05, 0.1) is 5.69 Å². The molecule has 1 heterocycles. The Kier molecular flexibility index (Phi) is 5.59. The lowest BCUT2D eigenvalue weighted by Gasteiger charge is -2.29. The Balaban J connectivity index is 1.47. The van der Waals surface area contributed by atoms with Crippen LogP contribution < -0.4 is 15.4 Å². The number of amides is 2. The number of ether oxygens (including phenoxy) is 1. The first-order valence-electron chi connectivity index (χ1n) is 8.35. The van der Waals surface area contributed by atoms with Gasteiger partial charge in [-0.15, -0.1) is 0 Å². The second kappa shape index (κ2) is 8.25. The van der Waals surface area contributed by atoms with E-state index in [2.05, 4.69) is 20.6 Å². The normalized spacial score (nSPS) is 19.2. The van der Waals surface area contributed by atoms with Gasteiger partial charge in [-0.1, -0.05) is 12.1 Å². The molecule has 2 N–H and O–H groups in total. The maximum atomic E-state index is 13.6. The number of carbonyl (C=O) groups excluding carboxylic acids is 1. The molecule has 1 aromatic heterocycles. The van der Waals surface area contributed by atoms with Gasteiger partial charge in [-0.2, -0.15) is 5.26 Å². The summed E-state index contributed by atoms with van der Waals surface area (Å²) < 4.78 is 19.3. The maximum absolute atomic E-state index is 13.6. The quantitative estimate of drug-likeness (QED) is 0.878. The number of hydrogen-bond donors (Lipinski definition) is 2. The molecule has 1 fully saturated rings. The second-order valence-corrected chi connectivity index (χ2v) is 5.99. The number of rotatable bonds is 4. The van der Waals surface area contributed by atoms with Crippen molar-refractivity contribution in [2.45, 2.75) is 37.8 Å². The molecule has 1 aromatic carbocycles. The van der Waals surface area contributed by atoms with Gasteiger partial charge < -0.3 is 15.4 Å². The molecule has 0 bridgehead atoms. The van der Waals surface area contributed by atoms with Gasteiger partial charge in [0, 0.05) is 18.4 Å². The minimum absolute atomic E-state index is 0.0149. The number of nitrogens with one attached hydrogen (secondary N) is 2. The van der Waals surface area contributed by atoms with Gasteiger partial charge in [0.15, 0.2) is 0 Å². The fourth-order valence-electron chi connectivity index (χ4n) is 2.88. The Bertz CT molecular complexity index is 815. The van der Waals surface area contributed by atoms with E-state index in [1.165, 1.54) is 24.5 Å². The Morgan fingerprint density at radius 1 is 1.19 bits per heavy atom. The molecule has 7 nitrogen and oxygen atoms in total. The first-order chi connectivity index (χ1) is 12.7. The van der Waals surface area contributed by atoms with Crippen molar-refractivity contribution in [1.29, 1.82) is 5.26 Å². The molecule has 0 unspecified atom stereocenters. The fraction of sp³-hybridized carbons (Fsp3) is 0.333. The molecule has 2 amide bonds. The molecule has 0 aliphatic heterocycles. The van der Waals surface area contributed by atoms with Crippen LogP contribution in [0.3, 0.4) is 0 Å². The van der Waals surface area contributed by atoms with Crippen molar-refractivity contribution in [2.24, 2.45) is 0 Å². The van der Waals surface area contributed by atoms with Gasteiger partial charge in [0.1, 0.15) is 18.0 Å². The Morgan fingerprint density at radius 3 is 2.65 bits per heavy atom. The first kappa shape index (κ1) is 17.6. The van der Waals surface area contributed by atoms with E-state index in [4.69, 9.17) is 10.00 Å². The lowest BCUT2D eigenvalue weighted by Crippen LogP contribution is -2.41. The summed E-state index contributed by atoms with van der Waals surface area (Å²) >= 11 is 0. The van der Waals surface area contributed by atoms with Gasteiger partial charge >= 0.3 is 6.03 Å². The molecule has 0 atom stereocenters. The molecule has 1 aliphatic rings. The Labute approximate surface area is 150 Å². The number of benzene rings is 1. The third kappa shape index (κ3) is 4.45. The Hall–Kier alpha value is -3.21. The van der Waals surface area contributed by atoms with Crippen LogP contribution in [0.5, 0.6) is 5.88 Å². The van der Waals surface area contributed by atoms with Crippen LogP contribution in [-0.2, 0) is 0 Å². The highest BCUT2D eigenvalue weighted by molar-refractivity contribution is 5.89. The largest absolute Gasteiger partial charge is 0.472 e. The number of urea groups is 1. The van der Waals surface area contributed by atoms with Gasteiger partial charge in [0.25, 0.3) is 5.88 Å². The van der Waals surface area contributed by atoms with E-state index in [1.54, 1.807) is 12.1 Å². The molecule has 0 spiro atoms. The van der Waals surface area contributed by atoms with Gasteiger partial charge in [-0.25, -0.2) is 19.2 Å². The molecule has 3 rings (SSSR count). The number of halogens is 1. The summed E-state index contributed by atoms with van der Waals surface area (Å²) in [6.07, 6.45) is 5.72. The number of nitriles is 1. The van der Waals surface area contributed by atoms with Crippen molar-refractivity contribution in [2.75, 3.05) is 5.32 Å². The average molecular weight is 355 g/mol. The standard InChI is InChI=1S/C18H18FN5O2/c19-14-3-1-2-4-15(14)24-18(25)23-12-5-7-13(8-6-12)26-17-16(11-20)21-9-10-22-17/h1-4,9-10,12-13H,5-8H2,(H2,23,24,25). The number of hydrogen-bond acceptors (Lipinski definition) is 5. The highest BCUT2D eigenvalue weighted by Crippen LogP contribution is 2.24. The predicted molar refractivity (Wildman–Crippen MR) is 92.0 cm³/mol. The topological polar surface area (TPSA) is 99.9 Å². The summed E-state index contributed by atoms with van der Waals surface area (Å²) in [5.41, 5.74) is 0.311. The van der Waals surface area contributed by atoms with Crippen molar-refractivity contribution in [3.05, 3.63) is 48.2 Å². The molecular weight excluding hydrogens is 337 g/mol. The zero-order chi connectivity index (χ0) is 18.4. The number of aromatic nitrogens is 2. The third-order valence-electron chi connectivity index (χ3n) is 4.18. The number of carbonyl (C=O) groups is 1. The average Bonchev–Trinajstić information content (AvgIpc) is 2.66. The Morgan fingerprint density at radius 2 is 1.92 bits per heavy atom. The summed E-state index contributed by atoms with van der Waals surface area (Å²) in [7, 11) is 0. The van der Waals surface area contributed by atoms with Crippen LogP contribution in [0.1, 0.15) is 31.4 Å². The summed E-state index contributed by atoms with van der Waals surface area (Å²) in [6.45, 7) is 0. The van der Waals surface area contributed by atoms with Crippen molar-refractivity contribution >= 4 is 11.7 Å². The van der Waals surface area contributed by atoms with Crippen LogP contribution in [0, 0.1) is 17.1 Å². The van der Waals surface area contributed by atoms with E-state index in [-0.39, 0.29) is 29.4 Å². The van der Waals surface area contributed by atoms with Gasteiger partial charge in [-0.05, 0) is 37.8 Å². The summed E-state index contributed by atoms with van der Waals surface area (Å²) in [6, 6.07) is 7.53. The van der Waals surface area contributed by atoms with Gasteiger partial charge in [0.2, 0.25) is 5.69 Å². The number of anilines is 1. The van der Waals surface area contributed by atoms with Crippen molar-refractivity contribution < 1.29 is 13.9 Å². The fourth-order valence-corrected chi connectivity index (χ4v) is 2.88. The lowest BCUT2D eigenvalue weighted by molar-refractivity contribution is 0.134. The van der Waals surface area contributed by atoms with E-state index >= 15 is 0 Å². The van der Waals surface area contributed by atoms with E-state index < -0.39 is 11.8 Å². The van der Waals surface area contributed by atoms with Crippen molar-refractivity contribution in [3.63, 3.8) is 0 Å². The monoisotopic (exact) mass is 355 g/mol. The zero-order valence-electron chi connectivity index (χ0n) is 14.0. The van der Waals surface area contributed by atoms with Crippen molar-refractivity contribution in [3.8, 4) is 11.9 Å². The van der Waals surface area contributed by atoms with E-state index in [0.717, 1.165) is 12.8 Å². The third-order valence-corrected chi connectivity index (χ3v) is 4.18. The van der Waals surface area contributed by atoms with Crippen LogP contribution in [-0.4, -0.2) is 28.1 Å². The van der Waals surface area contributed by atoms with E-state index in [9.17, 15) is 9.18 Å². The second-order valence-electron chi connectivity index (χ2n) is 5.99. The van der Waals surface area contributed by atoms with E-state index in [1.807, 2.05) is 6.07 Å². The van der Waals surface area contributed by atoms with Gasteiger partial charge in [-0.3, -0.25) is 0 Å². The SMILES string of the molecule is N#Cc1nccnc1OC1CCC(NC(=O)Nc2ccccc2F)CC1. The van der Waals surface area contributed by atoms with Crippen LogP contribution in [0.25, 0.3) is 0 Å². The lowest BCUT2D eigenvalue weighted by atomic mass is 9.93.